The van der Waals surface area contributed by atoms with Gasteiger partial charge in [0.2, 0.25) is 5.28 Å². The lowest BCUT2D eigenvalue weighted by Crippen LogP contribution is -2.29. The molecule has 2 N–H and O–H groups in total. The number of aromatic hydroxyl groups is 1. The van der Waals surface area contributed by atoms with E-state index in [1.165, 1.54) is 11.6 Å². The summed E-state index contributed by atoms with van der Waals surface area (Å²) < 4.78 is 0. The highest BCUT2D eigenvalue weighted by atomic mass is 35.5. The number of hydrogen-bond donors (Lipinski definition) is 2. The molecule has 6 heteroatoms. The zero-order chi connectivity index (χ0) is 19.2. The lowest BCUT2D eigenvalue weighted by atomic mass is 9.99. The van der Waals surface area contributed by atoms with Gasteiger partial charge in [-0.1, -0.05) is 43.3 Å². The number of rotatable bonds is 6. The minimum absolute atomic E-state index is 0.0110. The molecule has 1 atom stereocenters. The Morgan fingerprint density at radius 3 is 2.59 bits per heavy atom. The normalized spacial score (nSPS) is 11.8. The molecule has 1 unspecified atom stereocenters. The molecular weight excluding hydrogens is 362 g/mol. The number of amides is 1. The molecule has 0 spiro atoms. The van der Waals surface area contributed by atoms with Crippen molar-refractivity contribution in [3.05, 3.63) is 77.2 Å². The van der Waals surface area contributed by atoms with E-state index in [0.29, 0.717) is 6.54 Å². The number of halogens is 1. The highest BCUT2D eigenvalue weighted by Crippen LogP contribution is 2.20. The quantitative estimate of drug-likeness (QED) is 0.630. The predicted molar refractivity (Wildman–Crippen MR) is 106 cm³/mol. The summed E-state index contributed by atoms with van der Waals surface area (Å²) in [7, 11) is 0. The molecule has 3 aromatic rings. The summed E-state index contributed by atoms with van der Waals surface area (Å²) in [5.41, 5.74) is 3.22. The summed E-state index contributed by atoms with van der Waals surface area (Å²) in [6.07, 6.45) is 2.46. The van der Waals surface area contributed by atoms with E-state index in [-0.39, 0.29) is 28.4 Å². The lowest BCUT2D eigenvalue weighted by Gasteiger charge is -2.13. The number of phenolic OH excluding ortho intramolecular Hbond substituents is 1. The fourth-order valence-electron chi connectivity index (χ4n) is 2.81. The Labute approximate surface area is 163 Å². The van der Waals surface area contributed by atoms with Crippen LogP contribution in [0.25, 0.3) is 11.3 Å². The Bertz CT molecular complexity index is 929. The van der Waals surface area contributed by atoms with Crippen LogP contribution >= 0.6 is 11.6 Å². The third-order valence-electron chi connectivity index (χ3n) is 4.22. The van der Waals surface area contributed by atoms with Crippen LogP contribution in [0, 0.1) is 5.92 Å². The van der Waals surface area contributed by atoms with E-state index in [1.54, 1.807) is 24.4 Å². The lowest BCUT2D eigenvalue weighted by molar-refractivity contribution is 0.0945. The maximum Gasteiger partial charge on any atom is 0.255 e. The second kappa shape index (κ2) is 8.64. The number of nitrogens with one attached hydrogen (secondary N) is 1. The fourth-order valence-corrected chi connectivity index (χ4v) is 2.96. The van der Waals surface area contributed by atoms with Crippen LogP contribution in [0.15, 0.2) is 60.8 Å². The molecule has 0 saturated heterocycles. The second-order valence-electron chi connectivity index (χ2n) is 6.44. The van der Waals surface area contributed by atoms with Crippen LogP contribution in [0.3, 0.4) is 0 Å². The monoisotopic (exact) mass is 381 g/mol. The van der Waals surface area contributed by atoms with Gasteiger partial charge in [-0.25, -0.2) is 9.97 Å². The minimum Gasteiger partial charge on any atom is -0.507 e. The number of phenols is 1. The smallest absolute Gasteiger partial charge is 0.255 e. The topological polar surface area (TPSA) is 75.1 Å². The van der Waals surface area contributed by atoms with Crippen molar-refractivity contribution >= 4 is 17.5 Å². The first-order valence-electron chi connectivity index (χ1n) is 8.67. The van der Waals surface area contributed by atoms with Crippen LogP contribution in [0.2, 0.25) is 5.28 Å². The molecule has 0 aliphatic rings. The molecule has 0 aliphatic carbocycles. The molecule has 0 bridgehead atoms. The average molecular weight is 382 g/mol. The van der Waals surface area contributed by atoms with Gasteiger partial charge in [-0.2, -0.15) is 0 Å². The van der Waals surface area contributed by atoms with Gasteiger partial charge in [-0.15, -0.1) is 0 Å². The van der Waals surface area contributed by atoms with E-state index in [1.807, 2.05) is 30.3 Å². The van der Waals surface area contributed by atoms with Crippen LogP contribution in [0.5, 0.6) is 5.75 Å². The summed E-state index contributed by atoms with van der Waals surface area (Å²) in [5.74, 6) is -0.0295. The zero-order valence-electron chi connectivity index (χ0n) is 14.9. The molecule has 2 aromatic carbocycles. The van der Waals surface area contributed by atoms with Gasteiger partial charge in [0, 0.05) is 18.3 Å². The molecule has 5 nitrogen and oxygen atoms in total. The molecule has 1 heterocycles. The zero-order valence-corrected chi connectivity index (χ0v) is 15.6. The van der Waals surface area contributed by atoms with Crippen LogP contribution < -0.4 is 5.32 Å². The molecule has 27 heavy (non-hydrogen) atoms. The van der Waals surface area contributed by atoms with E-state index in [9.17, 15) is 9.90 Å². The SMILES string of the molecule is CC(CNC(=O)c1ccccc1O)Cc1ccc(-c2ccnc(Cl)n2)cc1. The highest BCUT2D eigenvalue weighted by molar-refractivity contribution is 6.28. The molecule has 1 aromatic heterocycles. The largest absolute Gasteiger partial charge is 0.507 e. The van der Waals surface area contributed by atoms with Gasteiger partial charge in [0.05, 0.1) is 11.3 Å². The second-order valence-corrected chi connectivity index (χ2v) is 6.78. The van der Waals surface area contributed by atoms with Crippen molar-refractivity contribution in [3.8, 4) is 17.0 Å². The number of hydrogen-bond acceptors (Lipinski definition) is 4. The van der Waals surface area contributed by atoms with Gasteiger partial charge >= 0.3 is 0 Å². The third kappa shape index (κ3) is 5.05. The van der Waals surface area contributed by atoms with Crippen LogP contribution in [0.1, 0.15) is 22.8 Å². The van der Waals surface area contributed by atoms with Gasteiger partial charge in [-0.05, 0) is 47.7 Å². The van der Waals surface area contributed by atoms with Gasteiger partial charge in [-0.3, -0.25) is 4.79 Å². The summed E-state index contributed by atoms with van der Waals surface area (Å²) in [6, 6.07) is 16.4. The van der Waals surface area contributed by atoms with Crippen LogP contribution in [0.4, 0.5) is 0 Å². The average Bonchev–Trinajstić information content (AvgIpc) is 2.67. The summed E-state index contributed by atoms with van der Waals surface area (Å²) in [5, 5.41) is 12.8. The maximum atomic E-state index is 12.2. The van der Waals surface area contributed by atoms with E-state index < -0.39 is 0 Å². The first kappa shape index (κ1) is 18.9. The number of carbonyl (C=O) groups excluding carboxylic acids is 1. The maximum absolute atomic E-state index is 12.2. The van der Waals surface area contributed by atoms with Crippen molar-refractivity contribution in [1.29, 1.82) is 0 Å². The molecule has 0 fully saturated rings. The van der Waals surface area contributed by atoms with E-state index in [0.717, 1.165) is 17.7 Å². The van der Waals surface area contributed by atoms with Crippen molar-refractivity contribution in [2.45, 2.75) is 13.3 Å². The standard InChI is InChI=1S/C21H20ClN3O2/c1-14(13-24-20(27)17-4-2-3-5-19(17)26)12-15-6-8-16(9-7-15)18-10-11-23-21(22)25-18/h2-11,14,26H,12-13H2,1H3,(H,24,27). The Balaban J connectivity index is 1.56. The summed E-state index contributed by atoms with van der Waals surface area (Å²) in [6.45, 7) is 2.60. The predicted octanol–water partition coefficient (Wildman–Crippen LogP) is 4.11. The number of para-hydroxylation sites is 1. The number of benzene rings is 2. The number of carbonyl (C=O) groups is 1. The van der Waals surface area contributed by atoms with Gasteiger partial charge in [0.15, 0.2) is 0 Å². The fraction of sp³-hybridized carbons (Fsp3) is 0.190. The van der Waals surface area contributed by atoms with Gasteiger partial charge in [0.25, 0.3) is 5.91 Å². The van der Waals surface area contributed by atoms with E-state index in [4.69, 9.17) is 11.6 Å². The van der Waals surface area contributed by atoms with Crippen LogP contribution in [-0.2, 0) is 6.42 Å². The first-order chi connectivity index (χ1) is 13.0. The Kier molecular flexibility index (Phi) is 6.04. The highest BCUT2D eigenvalue weighted by Gasteiger charge is 2.12. The third-order valence-corrected chi connectivity index (χ3v) is 4.40. The molecule has 0 aliphatic heterocycles. The number of aromatic nitrogens is 2. The van der Waals surface area contributed by atoms with E-state index >= 15 is 0 Å². The Hall–Kier alpha value is -2.92. The Morgan fingerprint density at radius 1 is 1.15 bits per heavy atom. The molecule has 0 saturated carbocycles. The van der Waals surface area contributed by atoms with Crippen molar-refractivity contribution in [2.24, 2.45) is 5.92 Å². The minimum atomic E-state index is -0.268. The molecule has 138 valence electrons. The molecule has 0 radical (unpaired) electrons. The molecule has 3 rings (SSSR count). The van der Waals surface area contributed by atoms with Gasteiger partial charge in [0.1, 0.15) is 5.75 Å². The van der Waals surface area contributed by atoms with Gasteiger partial charge < -0.3 is 10.4 Å². The van der Waals surface area contributed by atoms with Crippen LogP contribution in [-0.4, -0.2) is 27.5 Å². The summed E-state index contributed by atoms with van der Waals surface area (Å²) in [4.78, 5) is 20.3. The summed E-state index contributed by atoms with van der Waals surface area (Å²) >= 11 is 5.84. The van der Waals surface area contributed by atoms with Crippen molar-refractivity contribution < 1.29 is 9.90 Å². The first-order valence-corrected chi connectivity index (χ1v) is 9.05. The molecule has 1 amide bonds. The molecular formula is C21H20ClN3O2. The number of nitrogens with zero attached hydrogens (tertiary/aromatic N) is 2. The van der Waals surface area contributed by atoms with Crippen molar-refractivity contribution in [3.63, 3.8) is 0 Å². The van der Waals surface area contributed by atoms with Crippen molar-refractivity contribution in [1.82, 2.24) is 15.3 Å². The van der Waals surface area contributed by atoms with Crippen molar-refractivity contribution in [2.75, 3.05) is 6.54 Å². The van der Waals surface area contributed by atoms with E-state index in [2.05, 4.69) is 22.2 Å². The Morgan fingerprint density at radius 2 is 1.89 bits per heavy atom.